The van der Waals surface area contributed by atoms with Gasteiger partial charge in [-0.25, -0.2) is 0 Å². The summed E-state index contributed by atoms with van der Waals surface area (Å²) in [7, 11) is -0.182. The smallest absolute Gasteiger partial charge is 0.423 e. The fourth-order valence-electron chi connectivity index (χ4n) is 16.7. The van der Waals surface area contributed by atoms with Crippen molar-refractivity contribution in [3.63, 3.8) is 0 Å². The van der Waals surface area contributed by atoms with Crippen LogP contribution >= 0.6 is 58.0 Å². The van der Waals surface area contributed by atoms with Crippen molar-refractivity contribution in [1.82, 2.24) is 0 Å². The molecule has 0 unspecified atom stereocenters. The number of hydrogen-bond acceptors (Lipinski definition) is 2. The molecule has 7 aromatic carbocycles. The van der Waals surface area contributed by atoms with Crippen LogP contribution in [0.25, 0.3) is 44.5 Å². The first kappa shape index (κ1) is 48.9. The zero-order chi connectivity index (χ0) is 49.6. The zero-order valence-corrected chi connectivity index (χ0v) is 43.7. The molecule has 10 aliphatic rings. The summed E-state index contributed by atoms with van der Waals surface area (Å²) in [4.78, 5) is 0. The third-order valence-corrected chi connectivity index (χ3v) is 19.9. The zero-order valence-electron chi connectivity index (χ0n) is 40.9. The Labute approximate surface area is 453 Å². The highest BCUT2D eigenvalue weighted by Gasteiger charge is 2.63. The molecule has 0 radical (unpaired) electrons. The van der Waals surface area contributed by atoms with E-state index in [0.717, 1.165) is 67.4 Å². The predicted molar refractivity (Wildman–Crippen MR) is 305 cm³/mol. The van der Waals surface area contributed by atoms with E-state index in [1.807, 2.05) is 24.3 Å². The van der Waals surface area contributed by atoms with Gasteiger partial charge in [0.25, 0.3) is 0 Å². The molecule has 8 bridgehead atoms. The molecule has 8 fully saturated rings. The minimum absolute atomic E-state index is 0. The van der Waals surface area contributed by atoms with Gasteiger partial charge >= 0.3 is 7.12 Å². The van der Waals surface area contributed by atoms with E-state index in [4.69, 9.17) is 69.4 Å². The van der Waals surface area contributed by atoms with Gasteiger partial charge in [-0.15, -0.1) is 0 Å². The van der Waals surface area contributed by atoms with E-state index in [0.29, 0.717) is 10.5 Å². The van der Waals surface area contributed by atoms with Crippen LogP contribution in [0.4, 0.5) is 0 Å². The van der Waals surface area contributed by atoms with Crippen molar-refractivity contribution in [2.24, 2.45) is 47.3 Å². The summed E-state index contributed by atoms with van der Waals surface area (Å²) in [5.41, 5.74) is 17.5. The van der Waals surface area contributed by atoms with E-state index in [1.165, 1.54) is 133 Å². The molecule has 0 atom stereocenters. The molecule has 8 heteroatoms. The summed E-state index contributed by atoms with van der Waals surface area (Å²) in [5.74, 6) is 6.79. The van der Waals surface area contributed by atoms with E-state index in [1.54, 1.807) is 29.3 Å². The summed E-state index contributed by atoms with van der Waals surface area (Å²) in [6, 6.07) is 50.6. The molecule has 0 amide bonds. The van der Waals surface area contributed by atoms with Gasteiger partial charge in [0.1, 0.15) is 0 Å². The van der Waals surface area contributed by atoms with Crippen LogP contribution in [-0.4, -0.2) is 17.2 Å². The highest BCUT2D eigenvalue weighted by atomic mass is 35.5. The van der Waals surface area contributed by atoms with E-state index in [2.05, 4.69) is 97.1 Å². The molecule has 368 valence electrons. The molecule has 2 N–H and O–H groups in total. The Morgan fingerprint density at radius 3 is 1.00 bits per heavy atom. The Morgan fingerprint density at radius 1 is 0.361 bits per heavy atom. The second-order valence-electron chi connectivity index (χ2n) is 22.2. The van der Waals surface area contributed by atoms with Crippen molar-refractivity contribution in [3.8, 4) is 44.5 Å². The Kier molecular flexibility index (Phi) is 13.1. The summed E-state index contributed by atoms with van der Waals surface area (Å²) >= 11 is 31.3. The van der Waals surface area contributed by atoms with Crippen molar-refractivity contribution in [1.29, 1.82) is 0 Å². The van der Waals surface area contributed by atoms with E-state index >= 15 is 0 Å². The molecule has 2 nitrogen and oxygen atoms in total. The third kappa shape index (κ3) is 8.05. The minimum Gasteiger partial charge on any atom is -0.423 e. The van der Waals surface area contributed by atoms with Gasteiger partial charge in [-0.2, -0.15) is 0 Å². The standard InChI is InChI=1S/C34H28Cl2.C22H20Cl2.C6H6BClO2.2CH4/c35-28-5-1-3-22(16-28)24-7-9-30-31-10-8-25(23-4-2-6-29(36)17-23)19-33(31)34(32(30)18-24)26-12-20-11-21(14-26)15-27(34)13-20;23-16-1-3-18-19-4-2-17(24)11-21(19)22(20(18)10-16)14-6-12-5-13(8-14)9-15(22)7-12;8-6-3-1-2-5(4-6)7(9)10;;/h1-10,16-21,26-27H,11-15H2;1-4,10-15H,5-9H2;1-4,9-10H;2*1H4/i;;;1D;. The number of hydrogen-bond donors (Lipinski definition) is 2. The summed E-state index contributed by atoms with van der Waals surface area (Å²) in [6.45, 7) is 0. The van der Waals surface area contributed by atoms with Crippen LogP contribution in [0.5, 0.6) is 0 Å². The molecule has 8 saturated carbocycles. The Morgan fingerprint density at radius 2 is 0.667 bits per heavy atom. The van der Waals surface area contributed by atoms with Crippen LogP contribution in [0.2, 0.25) is 25.1 Å². The second-order valence-corrected chi connectivity index (χ2v) is 24.4. The maximum atomic E-state index is 8.65. The second kappa shape index (κ2) is 19.3. The Hall–Kier alpha value is -4.03. The largest absolute Gasteiger partial charge is 0.488 e. The molecule has 0 saturated heterocycles. The third-order valence-electron chi connectivity index (χ3n) is 18.7. The molecule has 0 aliphatic heterocycles. The maximum Gasteiger partial charge on any atom is 0.488 e. The first-order chi connectivity index (χ1) is 34.9. The van der Waals surface area contributed by atoms with Gasteiger partial charge in [-0.1, -0.05) is 146 Å². The molecule has 10 aliphatic carbocycles. The average molecular weight is 1050 g/mol. The number of rotatable bonds is 3. The molecule has 72 heavy (non-hydrogen) atoms. The van der Waals surface area contributed by atoms with Gasteiger partial charge in [0.05, 0.1) is 0 Å². The lowest BCUT2D eigenvalue weighted by Gasteiger charge is -2.61. The molecular weight excluding hydrogens is 989 g/mol. The van der Waals surface area contributed by atoms with Crippen LogP contribution in [0.1, 0.15) is 103 Å². The first-order valence-electron chi connectivity index (χ1n) is 26.5. The van der Waals surface area contributed by atoms with Crippen LogP contribution in [0, 0.1) is 47.3 Å². The number of fused-ring (bicyclic) bond motifs is 6. The van der Waals surface area contributed by atoms with Crippen molar-refractivity contribution in [2.75, 3.05) is 0 Å². The normalized spacial score (nSPS) is 25.8. The highest BCUT2D eigenvalue weighted by molar-refractivity contribution is 6.59. The fourth-order valence-corrected chi connectivity index (χ4v) is 17.6. The van der Waals surface area contributed by atoms with Gasteiger partial charge in [0, 0.05) is 37.3 Å². The van der Waals surface area contributed by atoms with E-state index < -0.39 is 7.12 Å². The number of benzene rings is 7. The van der Waals surface area contributed by atoms with Crippen LogP contribution < -0.4 is 5.46 Å². The summed E-state index contributed by atoms with van der Waals surface area (Å²) in [5, 5.41) is 21.1. The molecule has 0 aromatic heterocycles. The lowest BCUT2D eigenvalue weighted by atomic mass is 9.43. The minimum atomic E-state index is -1.43. The average Bonchev–Trinajstić information content (AvgIpc) is 3.81. The molecule has 7 aromatic rings. The Bertz CT molecular complexity index is 3020. The van der Waals surface area contributed by atoms with E-state index in [9.17, 15) is 0 Å². The van der Waals surface area contributed by atoms with Crippen LogP contribution in [-0.2, 0) is 10.8 Å². The quantitative estimate of drug-likeness (QED) is 0.173. The molecule has 0 heterocycles. The fraction of sp³-hybridized carbons (Fsp3) is 0.344. The first-order valence-corrected chi connectivity index (χ1v) is 27.4. The lowest BCUT2D eigenvalue weighted by molar-refractivity contribution is -0.0399. The molecule has 17 rings (SSSR count). The van der Waals surface area contributed by atoms with Crippen LogP contribution in [0.3, 0.4) is 0 Å². The SMILES string of the molecule is C.Clc1ccc2c(c1)C1(c3cc(Cl)ccc3-2)C2CC3CC(C2)CC1C3.Clc1cccc(-c2ccc3c(c2)C2(c4cc(-c5cccc(Cl)c5)ccc4-3)C3CC4CC(C3)CC2C4)c1.OB(O)c1cccc(Cl)c1.[2H]C. The maximum absolute atomic E-state index is 8.65. The Balaban J connectivity index is 0.000000133. The van der Waals surface area contributed by atoms with Crippen molar-refractivity contribution < 1.29 is 11.4 Å². The van der Waals surface area contributed by atoms with Crippen LogP contribution in [0.15, 0.2) is 146 Å². The van der Waals surface area contributed by atoms with Gasteiger partial charge in [-0.05, 0) is 257 Å². The van der Waals surface area contributed by atoms with Crippen molar-refractivity contribution in [3.05, 3.63) is 193 Å². The predicted octanol–water partition coefficient (Wildman–Crippen LogP) is 18.1. The van der Waals surface area contributed by atoms with E-state index in [-0.39, 0.29) is 18.3 Å². The number of halogens is 5. The summed E-state index contributed by atoms with van der Waals surface area (Å²) in [6.07, 6.45) is 14.1. The molecular formula is C64H62BCl5O2. The van der Waals surface area contributed by atoms with Gasteiger partial charge in [-0.3, -0.25) is 0 Å². The highest BCUT2D eigenvalue weighted by Crippen LogP contribution is 2.71. The van der Waals surface area contributed by atoms with Gasteiger partial charge in [0.2, 0.25) is 0 Å². The van der Waals surface area contributed by atoms with Gasteiger partial charge < -0.3 is 10.0 Å². The summed E-state index contributed by atoms with van der Waals surface area (Å²) < 4.78 is 5.75. The van der Waals surface area contributed by atoms with Crippen molar-refractivity contribution >= 4 is 70.6 Å². The lowest BCUT2D eigenvalue weighted by Crippen LogP contribution is -2.55. The topological polar surface area (TPSA) is 40.5 Å². The molecule has 2 spiro atoms. The van der Waals surface area contributed by atoms with Gasteiger partial charge in [0.15, 0.2) is 0 Å². The monoisotopic (exact) mass is 1050 g/mol. The van der Waals surface area contributed by atoms with Crippen molar-refractivity contribution in [2.45, 2.75) is 89.9 Å².